The predicted molar refractivity (Wildman–Crippen MR) is 77.9 cm³/mol. The van der Waals surface area contributed by atoms with Gasteiger partial charge < -0.3 is 10.0 Å². The normalized spacial score (nSPS) is 27.0. The molecule has 3 rings (SSSR count). The van der Waals surface area contributed by atoms with Gasteiger partial charge in [0.2, 0.25) is 0 Å². The fourth-order valence-corrected chi connectivity index (χ4v) is 3.27. The highest BCUT2D eigenvalue weighted by Crippen LogP contribution is 2.25. The average Bonchev–Trinajstić information content (AvgIpc) is 2.94. The van der Waals surface area contributed by atoms with Gasteiger partial charge in [0.15, 0.2) is 0 Å². The molecular weight excluding hydrogens is 268 g/mol. The van der Waals surface area contributed by atoms with Crippen LogP contribution in [-0.2, 0) is 0 Å². The second kappa shape index (κ2) is 6.07. The molecule has 1 aliphatic carbocycles. The summed E-state index contributed by atoms with van der Waals surface area (Å²) in [6.07, 6.45) is 6.05. The third-order valence-electron chi connectivity index (χ3n) is 4.51. The fraction of sp³-hybridized carbons (Fsp3) is 0.667. The van der Waals surface area contributed by atoms with E-state index in [4.69, 9.17) is 0 Å². The number of carbonyl (C=O) groups excluding carboxylic acids is 1. The van der Waals surface area contributed by atoms with E-state index in [0.29, 0.717) is 18.8 Å². The first-order chi connectivity index (χ1) is 10.1. The Bertz CT molecular complexity index is 497. The van der Waals surface area contributed by atoms with Gasteiger partial charge >= 0.3 is 0 Å². The average molecular weight is 290 g/mol. The summed E-state index contributed by atoms with van der Waals surface area (Å²) in [5, 5.41) is 9.98. The zero-order valence-electron chi connectivity index (χ0n) is 12.4. The minimum absolute atomic E-state index is 0.0471. The molecule has 0 aromatic carbocycles. The van der Waals surface area contributed by atoms with Gasteiger partial charge in [-0.1, -0.05) is 0 Å². The quantitative estimate of drug-likeness (QED) is 0.857. The summed E-state index contributed by atoms with van der Waals surface area (Å²) < 4.78 is 0. The Balaban J connectivity index is 1.58. The summed E-state index contributed by atoms with van der Waals surface area (Å²) in [4.78, 5) is 24.8. The van der Waals surface area contributed by atoms with Gasteiger partial charge in [-0.2, -0.15) is 0 Å². The van der Waals surface area contributed by atoms with Crippen LogP contribution in [0.2, 0.25) is 0 Å². The monoisotopic (exact) mass is 290 g/mol. The summed E-state index contributed by atoms with van der Waals surface area (Å²) in [6.45, 7) is 4.89. The molecule has 1 N–H and O–H groups in total. The Morgan fingerprint density at radius 1 is 1.19 bits per heavy atom. The van der Waals surface area contributed by atoms with Crippen molar-refractivity contribution in [1.29, 1.82) is 0 Å². The molecule has 1 aromatic rings. The van der Waals surface area contributed by atoms with E-state index in [2.05, 4.69) is 14.9 Å². The lowest BCUT2D eigenvalue weighted by molar-refractivity contribution is 0.0313. The first-order valence-corrected chi connectivity index (χ1v) is 7.65. The van der Waals surface area contributed by atoms with Crippen LogP contribution in [0.1, 0.15) is 35.4 Å². The molecular formula is C15H22N4O2. The number of rotatable bonds is 2. The van der Waals surface area contributed by atoms with Crippen molar-refractivity contribution in [1.82, 2.24) is 19.8 Å². The van der Waals surface area contributed by atoms with Gasteiger partial charge in [-0.05, 0) is 26.2 Å². The van der Waals surface area contributed by atoms with Gasteiger partial charge in [0, 0.05) is 38.4 Å². The molecule has 1 aromatic heterocycles. The first-order valence-electron chi connectivity index (χ1n) is 7.65. The minimum Gasteiger partial charge on any atom is -0.391 e. The predicted octanol–water partition coefficient (Wildman–Crippen LogP) is 0.456. The van der Waals surface area contributed by atoms with Crippen LogP contribution >= 0.6 is 0 Å². The Labute approximate surface area is 124 Å². The molecule has 0 bridgehead atoms. The van der Waals surface area contributed by atoms with Crippen molar-refractivity contribution in [2.24, 2.45) is 0 Å². The number of nitrogens with zero attached hydrogens (tertiary/aromatic N) is 4. The smallest absolute Gasteiger partial charge is 0.274 e. The van der Waals surface area contributed by atoms with Crippen LogP contribution < -0.4 is 0 Å². The zero-order chi connectivity index (χ0) is 14.8. The molecule has 2 fully saturated rings. The van der Waals surface area contributed by atoms with Crippen LogP contribution in [0.4, 0.5) is 0 Å². The van der Waals surface area contributed by atoms with E-state index in [9.17, 15) is 9.90 Å². The number of aliphatic hydroxyl groups is 1. The zero-order valence-corrected chi connectivity index (χ0v) is 12.4. The molecule has 0 radical (unpaired) electrons. The SMILES string of the molecule is Cc1cnc(C(=O)N2CCN([C@@H]3CCC[C@H]3O)CC2)cn1. The molecule has 1 aliphatic heterocycles. The maximum Gasteiger partial charge on any atom is 0.274 e. The van der Waals surface area contributed by atoms with Crippen molar-refractivity contribution in [3.63, 3.8) is 0 Å². The van der Waals surface area contributed by atoms with Gasteiger partial charge in [-0.15, -0.1) is 0 Å². The summed E-state index contributed by atoms with van der Waals surface area (Å²) in [5.41, 5.74) is 1.22. The van der Waals surface area contributed by atoms with E-state index in [1.54, 1.807) is 12.4 Å². The minimum atomic E-state index is -0.199. The fourth-order valence-electron chi connectivity index (χ4n) is 3.27. The van der Waals surface area contributed by atoms with Gasteiger partial charge in [0.25, 0.3) is 5.91 Å². The van der Waals surface area contributed by atoms with Crippen molar-refractivity contribution >= 4 is 5.91 Å². The van der Waals surface area contributed by atoms with Crippen molar-refractivity contribution in [2.75, 3.05) is 26.2 Å². The molecule has 2 heterocycles. The van der Waals surface area contributed by atoms with Crippen LogP contribution in [0.3, 0.4) is 0 Å². The van der Waals surface area contributed by atoms with Crippen LogP contribution in [0, 0.1) is 6.92 Å². The molecule has 1 saturated heterocycles. The molecule has 6 nitrogen and oxygen atoms in total. The lowest BCUT2D eigenvalue weighted by Gasteiger charge is -2.38. The lowest BCUT2D eigenvalue weighted by Crippen LogP contribution is -2.53. The van der Waals surface area contributed by atoms with E-state index < -0.39 is 0 Å². The van der Waals surface area contributed by atoms with E-state index in [0.717, 1.165) is 38.0 Å². The third-order valence-corrected chi connectivity index (χ3v) is 4.51. The molecule has 2 aliphatic rings. The van der Waals surface area contributed by atoms with E-state index in [-0.39, 0.29) is 18.1 Å². The molecule has 6 heteroatoms. The number of carbonyl (C=O) groups is 1. The second-order valence-corrected chi connectivity index (χ2v) is 5.94. The Morgan fingerprint density at radius 3 is 2.52 bits per heavy atom. The Hall–Kier alpha value is -1.53. The Kier molecular flexibility index (Phi) is 4.17. The number of hydrogen-bond acceptors (Lipinski definition) is 5. The Morgan fingerprint density at radius 2 is 1.95 bits per heavy atom. The number of piperazine rings is 1. The first kappa shape index (κ1) is 14.4. The molecule has 1 saturated carbocycles. The lowest BCUT2D eigenvalue weighted by atomic mass is 10.1. The number of hydrogen-bond donors (Lipinski definition) is 1. The summed E-state index contributed by atoms with van der Waals surface area (Å²) in [6, 6.07) is 0.279. The van der Waals surface area contributed by atoms with Crippen molar-refractivity contribution in [3.05, 3.63) is 23.8 Å². The molecule has 1 amide bonds. The highest BCUT2D eigenvalue weighted by molar-refractivity contribution is 5.92. The van der Waals surface area contributed by atoms with Crippen molar-refractivity contribution in [2.45, 2.75) is 38.3 Å². The summed E-state index contributed by atoms with van der Waals surface area (Å²) in [5.74, 6) is -0.0471. The van der Waals surface area contributed by atoms with E-state index in [1.165, 1.54) is 0 Å². The number of aliphatic hydroxyl groups excluding tert-OH is 1. The van der Waals surface area contributed by atoms with Crippen LogP contribution in [0.15, 0.2) is 12.4 Å². The van der Waals surface area contributed by atoms with Gasteiger partial charge in [-0.3, -0.25) is 14.7 Å². The number of aromatic nitrogens is 2. The third kappa shape index (κ3) is 3.06. The van der Waals surface area contributed by atoms with Gasteiger partial charge in [0.05, 0.1) is 18.0 Å². The van der Waals surface area contributed by atoms with Crippen molar-refractivity contribution in [3.8, 4) is 0 Å². The van der Waals surface area contributed by atoms with Crippen molar-refractivity contribution < 1.29 is 9.90 Å². The van der Waals surface area contributed by atoms with E-state index in [1.807, 2.05) is 11.8 Å². The standard InChI is InChI=1S/C15H22N4O2/c1-11-9-17-12(10-16-11)15(21)19-7-5-18(6-8-19)13-3-2-4-14(13)20/h9-10,13-14,20H,2-8H2,1H3/t13-,14-/m1/s1. The number of aryl methyl sites for hydroxylation is 1. The van der Waals surface area contributed by atoms with Gasteiger partial charge in [0.1, 0.15) is 5.69 Å². The van der Waals surface area contributed by atoms with E-state index >= 15 is 0 Å². The molecule has 21 heavy (non-hydrogen) atoms. The molecule has 114 valence electrons. The highest BCUT2D eigenvalue weighted by atomic mass is 16.3. The number of amides is 1. The molecule has 0 unspecified atom stereocenters. The maximum absolute atomic E-state index is 12.4. The molecule has 0 spiro atoms. The second-order valence-electron chi connectivity index (χ2n) is 5.94. The maximum atomic E-state index is 12.4. The summed E-state index contributed by atoms with van der Waals surface area (Å²) >= 11 is 0. The van der Waals surface area contributed by atoms with Crippen LogP contribution in [0.25, 0.3) is 0 Å². The van der Waals surface area contributed by atoms with Gasteiger partial charge in [-0.25, -0.2) is 4.98 Å². The highest BCUT2D eigenvalue weighted by Gasteiger charge is 2.33. The largest absolute Gasteiger partial charge is 0.391 e. The van der Waals surface area contributed by atoms with Crippen LogP contribution in [0.5, 0.6) is 0 Å². The topological polar surface area (TPSA) is 69.6 Å². The van der Waals surface area contributed by atoms with Crippen LogP contribution in [-0.4, -0.2) is 69.1 Å². The molecule has 2 atom stereocenters. The summed E-state index contributed by atoms with van der Waals surface area (Å²) in [7, 11) is 0.